The highest BCUT2D eigenvalue weighted by Crippen LogP contribution is 2.23. The summed E-state index contributed by atoms with van der Waals surface area (Å²) in [5, 5.41) is 5.48. The van der Waals surface area contributed by atoms with Crippen molar-refractivity contribution in [3.8, 4) is 0 Å². The molecule has 1 aliphatic carbocycles. The molecule has 1 saturated carbocycles. The molecule has 0 radical (unpaired) electrons. The maximum Gasteiger partial charge on any atom is 0.407 e. The highest BCUT2D eigenvalue weighted by molar-refractivity contribution is 5.67. The van der Waals surface area contributed by atoms with Crippen LogP contribution in [-0.4, -0.2) is 39.0 Å². The van der Waals surface area contributed by atoms with Crippen molar-refractivity contribution in [1.29, 1.82) is 0 Å². The van der Waals surface area contributed by atoms with Gasteiger partial charge in [0, 0.05) is 12.6 Å². The molecule has 0 spiro atoms. The molecule has 2 amide bonds. The van der Waals surface area contributed by atoms with Crippen molar-refractivity contribution in [2.24, 2.45) is 5.92 Å². The maximum absolute atomic E-state index is 11.1. The largest absolute Gasteiger partial charge is 0.453 e. The molecule has 1 aliphatic rings. The molecule has 1 fully saturated rings. The van der Waals surface area contributed by atoms with Gasteiger partial charge in [-0.1, -0.05) is 6.42 Å². The van der Waals surface area contributed by atoms with Crippen molar-refractivity contribution in [3.63, 3.8) is 0 Å². The molecule has 2 N–H and O–H groups in total. The molecule has 0 aliphatic heterocycles. The van der Waals surface area contributed by atoms with E-state index in [1.165, 1.54) is 14.2 Å². The van der Waals surface area contributed by atoms with Crippen LogP contribution in [-0.2, 0) is 9.47 Å². The molecule has 98 valence electrons. The molecule has 17 heavy (non-hydrogen) atoms. The third-order valence-corrected chi connectivity index (χ3v) is 3.01. The smallest absolute Gasteiger partial charge is 0.407 e. The summed E-state index contributed by atoms with van der Waals surface area (Å²) in [6.07, 6.45) is 3.12. The highest BCUT2D eigenvalue weighted by Gasteiger charge is 2.23. The summed E-state index contributed by atoms with van der Waals surface area (Å²) in [7, 11) is 2.70. The second-order valence-corrected chi connectivity index (χ2v) is 4.24. The van der Waals surface area contributed by atoms with Gasteiger partial charge in [0.2, 0.25) is 0 Å². The van der Waals surface area contributed by atoms with Crippen molar-refractivity contribution in [3.05, 3.63) is 0 Å². The quantitative estimate of drug-likeness (QED) is 0.783. The Labute approximate surface area is 101 Å². The van der Waals surface area contributed by atoms with Gasteiger partial charge >= 0.3 is 12.2 Å². The Balaban J connectivity index is 2.28. The van der Waals surface area contributed by atoms with Gasteiger partial charge in [0.05, 0.1) is 14.2 Å². The molecule has 1 rings (SSSR count). The van der Waals surface area contributed by atoms with Gasteiger partial charge < -0.3 is 20.1 Å². The molecule has 2 atom stereocenters. The number of nitrogens with one attached hydrogen (secondary N) is 2. The third kappa shape index (κ3) is 4.93. The second-order valence-electron chi connectivity index (χ2n) is 4.24. The van der Waals surface area contributed by atoms with Gasteiger partial charge in [0.25, 0.3) is 0 Å². The minimum atomic E-state index is -0.409. The lowest BCUT2D eigenvalue weighted by Crippen LogP contribution is -2.41. The summed E-state index contributed by atoms with van der Waals surface area (Å²) in [6.45, 7) is 0.589. The number of methoxy groups -OCH3 is 2. The topological polar surface area (TPSA) is 76.7 Å². The van der Waals surface area contributed by atoms with Crippen LogP contribution >= 0.6 is 0 Å². The van der Waals surface area contributed by atoms with E-state index < -0.39 is 12.2 Å². The summed E-state index contributed by atoms with van der Waals surface area (Å²) in [5.74, 6) is 0.380. The summed E-state index contributed by atoms with van der Waals surface area (Å²) < 4.78 is 9.07. The van der Waals surface area contributed by atoms with Crippen molar-refractivity contribution >= 4 is 12.2 Å². The number of rotatable bonds is 3. The van der Waals surface area contributed by atoms with Crippen molar-refractivity contribution < 1.29 is 19.1 Å². The highest BCUT2D eigenvalue weighted by atomic mass is 16.5. The number of alkyl carbamates (subject to hydrolysis) is 2. The molecular formula is C11H20N2O4. The number of carbonyl (C=O) groups excluding carboxylic acids is 2. The van der Waals surface area contributed by atoms with E-state index in [-0.39, 0.29) is 6.04 Å². The van der Waals surface area contributed by atoms with Crippen molar-refractivity contribution in [1.82, 2.24) is 10.6 Å². The number of carbonyl (C=O) groups is 2. The van der Waals surface area contributed by atoms with E-state index in [0.29, 0.717) is 12.5 Å². The third-order valence-electron chi connectivity index (χ3n) is 3.01. The Hall–Kier alpha value is -1.46. The van der Waals surface area contributed by atoms with E-state index in [1.54, 1.807) is 0 Å². The fraction of sp³-hybridized carbons (Fsp3) is 0.818. The van der Waals surface area contributed by atoms with Crippen LogP contribution in [0.5, 0.6) is 0 Å². The van der Waals surface area contributed by atoms with Gasteiger partial charge in [-0.2, -0.15) is 0 Å². The zero-order chi connectivity index (χ0) is 12.7. The van der Waals surface area contributed by atoms with Crippen molar-refractivity contribution in [2.75, 3.05) is 20.8 Å². The molecule has 0 heterocycles. The Kier molecular flexibility index (Phi) is 5.59. The first-order valence-corrected chi connectivity index (χ1v) is 5.82. The van der Waals surface area contributed by atoms with Crippen LogP contribution in [0, 0.1) is 5.92 Å². The van der Waals surface area contributed by atoms with Gasteiger partial charge in [-0.3, -0.25) is 0 Å². The van der Waals surface area contributed by atoms with Gasteiger partial charge in [0.15, 0.2) is 0 Å². The van der Waals surface area contributed by atoms with Crippen LogP contribution in [0.15, 0.2) is 0 Å². The fourth-order valence-electron chi connectivity index (χ4n) is 2.13. The van der Waals surface area contributed by atoms with Crippen LogP contribution in [0.4, 0.5) is 9.59 Å². The fourth-order valence-corrected chi connectivity index (χ4v) is 2.13. The Bertz CT molecular complexity index is 270. The maximum atomic E-state index is 11.1. The number of hydrogen-bond donors (Lipinski definition) is 2. The van der Waals surface area contributed by atoms with E-state index in [4.69, 9.17) is 0 Å². The number of hydrogen-bond acceptors (Lipinski definition) is 4. The lowest BCUT2D eigenvalue weighted by molar-refractivity contribution is 0.155. The molecule has 0 bridgehead atoms. The average Bonchev–Trinajstić information content (AvgIpc) is 2.36. The van der Waals surface area contributed by atoms with Gasteiger partial charge in [0.1, 0.15) is 0 Å². The predicted molar refractivity (Wildman–Crippen MR) is 61.7 cm³/mol. The number of ether oxygens (including phenoxy) is 2. The van der Waals surface area contributed by atoms with Crippen molar-refractivity contribution in [2.45, 2.75) is 31.7 Å². The molecule has 0 aromatic rings. The normalized spacial score (nSPS) is 23.6. The zero-order valence-electron chi connectivity index (χ0n) is 10.3. The molecule has 6 heteroatoms. The van der Waals surface area contributed by atoms with Gasteiger partial charge in [-0.15, -0.1) is 0 Å². The molecule has 0 aromatic heterocycles. The predicted octanol–water partition coefficient (Wildman–Crippen LogP) is 1.26. The standard InChI is InChI=1S/C11H20N2O4/c1-16-10(14)12-7-8-4-3-5-9(6-8)13-11(15)17-2/h8-9H,3-7H2,1-2H3,(H,12,14)(H,13,15). The van der Waals surface area contributed by atoms with E-state index in [1.807, 2.05) is 0 Å². The Morgan fingerprint density at radius 2 is 1.88 bits per heavy atom. The zero-order valence-corrected chi connectivity index (χ0v) is 10.3. The summed E-state index contributed by atoms with van der Waals surface area (Å²) in [4.78, 5) is 22.0. The average molecular weight is 244 g/mol. The lowest BCUT2D eigenvalue weighted by atomic mass is 9.86. The molecule has 6 nitrogen and oxygen atoms in total. The molecular weight excluding hydrogens is 224 g/mol. The van der Waals surface area contributed by atoms with E-state index in [0.717, 1.165) is 25.7 Å². The monoisotopic (exact) mass is 244 g/mol. The minimum Gasteiger partial charge on any atom is -0.453 e. The summed E-state index contributed by atoms with van der Waals surface area (Å²) >= 11 is 0. The lowest BCUT2D eigenvalue weighted by Gasteiger charge is -2.29. The van der Waals surface area contributed by atoms with Gasteiger partial charge in [-0.05, 0) is 25.2 Å². The van der Waals surface area contributed by atoms with Crippen LogP contribution in [0.25, 0.3) is 0 Å². The molecule has 2 unspecified atom stereocenters. The van der Waals surface area contributed by atoms with E-state index in [2.05, 4.69) is 20.1 Å². The van der Waals surface area contributed by atoms with Gasteiger partial charge in [-0.25, -0.2) is 9.59 Å². The minimum absolute atomic E-state index is 0.139. The molecule has 0 aromatic carbocycles. The van der Waals surface area contributed by atoms with Crippen LogP contribution in [0.2, 0.25) is 0 Å². The Morgan fingerprint density at radius 1 is 1.18 bits per heavy atom. The second kappa shape index (κ2) is 6.98. The summed E-state index contributed by atoms with van der Waals surface area (Å²) in [6, 6.07) is 0.139. The first kappa shape index (κ1) is 13.6. The number of amides is 2. The van der Waals surface area contributed by atoms with E-state index in [9.17, 15) is 9.59 Å². The molecule has 0 saturated heterocycles. The van der Waals surface area contributed by atoms with Crippen LogP contribution < -0.4 is 10.6 Å². The first-order chi connectivity index (χ1) is 8.15. The van der Waals surface area contributed by atoms with Crippen LogP contribution in [0.1, 0.15) is 25.7 Å². The van der Waals surface area contributed by atoms with E-state index >= 15 is 0 Å². The first-order valence-electron chi connectivity index (χ1n) is 5.82. The van der Waals surface area contributed by atoms with Crippen LogP contribution in [0.3, 0.4) is 0 Å². The summed E-state index contributed by atoms with van der Waals surface area (Å²) in [5.41, 5.74) is 0. The SMILES string of the molecule is COC(=O)NCC1CCCC(NC(=O)OC)C1. The Morgan fingerprint density at radius 3 is 2.53 bits per heavy atom.